The number of aliphatic hydroxyl groups is 4. The topological polar surface area (TPSA) is 186 Å². The van der Waals surface area contributed by atoms with E-state index in [1.165, 1.54) is 24.3 Å². The number of para-hydroxylation sites is 2. The van der Waals surface area contributed by atoms with Gasteiger partial charge in [0, 0.05) is 106 Å². The number of fused-ring (bicyclic) bond motifs is 6. The second-order valence-corrected chi connectivity index (χ2v) is 20.9. The lowest BCUT2D eigenvalue weighted by Crippen LogP contribution is -2.30. The first-order valence-corrected chi connectivity index (χ1v) is 25.4. The molecule has 4 aliphatic carbocycles. The Labute approximate surface area is 432 Å². The van der Waals surface area contributed by atoms with Crippen molar-refractivity contribution in [2.45, 2.75) is 138 Å². The number of rotatable bonds is 10. The van der Waals surface area contributed by atoms with Crippen LogP contribution in [-0.2, 0) is 0 Å². The van der Waals surface area contributed by atoms with Gasteiger partial charge in [-0.1, -0.05) is 36.4 Å². The number of halogens is 6. The van der Waals surface area contributed by atoms with E-state index in [1.807, 2.05) is 13.8 Å². The van der Waals surface area contributed by atoms with Crippen molar-refractivity contribution in [3.05, 3.63) is 155 Å². The van der Waals surface area contributed by atoms with Crippen molar-refractivity contribution in [3.8, 4) is 33.8 Å². The predicted octanol–water partition coefficient (Wildman–Crippen LogP) is 11.0. The fraction of sp³-hybridized carbons (Fsp3) is 0.393. The van der Waals surface area contributed by atoms with Crippen LogP contribution >= 0.6 is 0 Å². The van der Waals surface area contributed by atoms with Gasteiger partial charge in [-0.3, -0.25) is 0 Å². The number of hydrogen-bond donors (Lipinski definition) is 4. The van der Waals surface area contributed by atoms with Crippen LogP contribution in [0.2, 0.25) is 0 Å². The molecule has 0 aliphatic heterocycles. The van der Waals surface area contributed by atoms with E-state index in [0.717, 1.165) is 25.7 Å². The molecular formula is C56H54F6N8O6. The van der Waals surface area contributed by atoms with Crippen molar-refractivity contribution in [3.63, 3.8) is 0 Å². The number of benzene rings is 2. The number of pyridine rings is 2. The highest BCUT2D eigenvalue weighted by Gasteiger charge is 2.40. The van der Waals surface area contributed by atoms with Gasteiger partial charge in [-0.15, -0.1) is 0 Å². The molecule has 20 heteroatoms. The maximum absolute atomic E-state index is 15.2. The van der Waals surface area contributed by atoms with E-state index in [9.17, 15) is 38.0 Å². The van der Waals surface area contributed by atoms with Crippen LogP contribution in [0.5, 0.6) is 11.5 Å². The molecule has 0 bridgehead atoms. The lowest BCUT2D eigenvalue weighted by molar-refractivity contribution is -0.0512. The number of imidazole rings is 2. The first-order valence-electron chi connectivity index (χ1n) is 25.4. The fourth-order valence-corrected chi connectivity index (χ4v) is 11.6. The van der Waals surface area contributed by atoms with Crippen LogP contribution in [0.1, 0.15) is 159 Å². The number of aromatic nitrogens is 8. The highest BCUT2D eigenvalue weighted by atomic mass is 19.3. The van der Waals surface area contributed by atoms with Gasteiger partial charge >= 0.3 is 13.2 Å². The molecule has 76 heavy (non-hydrogen) atoms. The minimum absolute atomic E-state index is 0.0260. The van der Waals surface area contributed by atoms with Gasteiger partial charge in [0.15, 0.2) is 0 Å². The quantitative estimate of drug-likeness (QED) is 0.0952. The Bertz CT molecular complexity index is 3180. The van der Waals surface area contributed by atoms with Gasteiger partial charge in [-0.2, -0.15) is 17.6 Å². The Balaban J connectivity index is 0.000000162. The number of nitrogens with zero attached hydrogens (tertiary/aromatic N) is 8. The van der Waals surface area contributed by atoms with Crippen molar-refractivity contribution in [1.82, 2.24) is 38.7 Å². The first-order chi connectivity index (χ1) is 36.4. The Morgan fingerprint density at radius 3 is 1.28 bits per heavy atom. The maximum Gasteiger partial charge on any atom is 0.387 e. The lowest BCUT2D eigenvalue weighted by atomic mass is 9.79. The molecule has 2 aromatic carbocycles. The molecule has 6 aromatic heterocycles. The van der Waals surface area contributed by atoms with E-state index in [4.69, 9.17) is 9.47 Å². The van der Waals surface area contributed by atoms with Crippen molar-refractivity contribution in [2.75, 3.05) is 0 Å². The summed E-state index contributed by atoms with van der Waals surface area (Å²) in [7, 11) is 0. The molecule has 0 saturated heterocycles. The third-order valence-electron chi connectivity index (χ3n) is 15.6. The van der Waals surface area contributed by atoms with Crippen LogP contribution in [0.15, 0.2) is 97.8 Å². The highest BCUT2D eigenvalue weighted by Crippen LogP contribution is 2.49. The number of alkyl halides is 4. The van der Waals surface area contributed by atoms with E-state index in [2.05, 4.69) is 29.9 Å². The van der Waals surface area contributed by atoms with E-state index in [1.54, 1.807) is 82.4 Å². The minimum atomic E-state index is -2.99. The molecule has 6 heterocycles. The molecule has 2 saturated carbocycles. The summed E-state index contributed by atoms with van der Waals surface area (Å²) >= 11 is 0. The van der Waals surface area contributed by atoms with E-state index >= 15 is 8.78 Å². The zero-order valence-corrected chi connectivity index (χ0v) is 41.4. The van der Waals surface area contributed by atoms with Crippen molar-refractivity contribution >= 4 is 11.3 Å². The van der Waals surface area contributed by atoms with E-state index in [-0.39, 0.29) is 47.3 Å². The zero-order chi connectivity index (χ0) is 53.2. The molecule has 0 amide bonds. The molecule has 4 N–H and O–H groups in total. The molecule has 14 nitrogen and oxygen atoms in total. The van der Waals surface area contributed by atoms with E-state index in [0.29, 0.717) is 93.7 Å². The molecule has 4 aliphatic rings. The monoisotopic (exact) mass is 1050 g/mol. The van der Waals surface area contributed by atoms with Crippen LogP contribution < -0.4 is 9.47 Å². The Hall–Kier alpha value is -7.00. The average Bonchev–Trinajstić information content (AvgIpc) is 4.16. The maximum atomic E-state index is 15.2. The summed E-state index contributed by atoms with van der Waals surface area (Å²) in [6.07, 6.45) is 14.0. The van der Waals surface area contributed by atoms with Gasteiger partial charge in [0.25, 0.3) is 0 Å². The van der Waals surface area contributed by atoms with Gasteiger partial charge in [0.05, 0.1) is 46.2 Å². The smallest absolute Gasteiger partial charge is 0.387 e. The normalized spacial score (nSPS) is 25.2. The Morgan fingerprint density at radius 2 is 0.921 bits per heavy atom. The number of aliphatic hydroxyl groups excluding tert-OH is 2. The van der Waals surface area contributed by atoms with E-state index < -0.39 is 60.1 Å². The third-order valence-corrected chi connectivity index (χ3v) is 15.6. The molecule has 396 valence electrons. The van der Waals surface area contributed by atoms with Crippen molar-refractivity contribution in [1.29, 1.82) is 0 Å². The van der Waals surface area contributed by atoms with Gasteiger partial charge in [0.2, 0.25) is 0 Å². The van der Waals surface area contributed by atoms with Crippen LogP contribution in [0, 0.1) is 11.6 Å². The largest absolute Gasteiger partial charge is 0.435 e. The molecule has 2 fully saturated rings. The van der Waals surface area contributed by atoms with Crippen molar-refractivity contribution in [2.24, 2.45) is 0 Å². The summed E-state index contributed by atoms with van der Waals surface area (Å²) in [6.45, 7) is -2.30. The highest BCUT2D eigenvalue weighted by molar-refractivity contribution is 5.67. The summed E-state index contributed by atoms with van der Waals surface area (Å²) in [6, 6.07) is 15.5. The van der Waals surface area contributed by atoms with Crippen LogP contribution in [-0.4, -0.2) is 83.6 Å². The molecular weight excluding hydrogens is 995 g/mol. The number of hydrogen-bond acceptors (Lipinski definition) is 12. The lowest BCUT2D eigenvalue weighted by Gasteiger charge is -2.32. The van der Waals surface area contributed by atoms with Crippen LogP contribution in [0.3, 0.4) is 0 Å². The first kappa shape index (κ1) is 51.1. The summed E-state index contributed by atoms with van der Waals surface area (Å²) in [4.78, 5) is 26.9. The summed E-state index contributed by atoms with van der Waals surface area (Å²) in [5, 5.41) is 41.9. The molecule has 4 atom stereocenters. The minimum Gasteiger partial charge on any atom is -0.435 e. The summed E-state index contributed by atoms with van der Waals surface area (Å²) < 4.78 is 95.6. The fourth-order valence-electron chi connectivity index (χ4n) is 11.6. The van der Waals surface area contributed by atoms with Gasteiger partial charge in [-0.05, 0) is 90.2 Å². The zero-order valence-electron chi connectivity index (χ0n) is 41.4. The van der Waals surface area contributed by atoms with Crippen molar-refractivity contribution < 1.29 is 56.2 Å². The second kappa shape index (κ2) is 20.2. The second-order valence-electron chi connectivity index (χ2n) is 20.9. The number of ether oxygens (including phenoxy) is 2. The Morgan fingerprint density at radius 1 is 0.566 bits per heavy atom. The third kappa shape index (κ3) is 9.98. The van der Waals surface area contributed by atoms with Crippen LogP contribution in [0.25, 0.3) is 33.5 Å². The van der Waals surface area contributed by atoms with Gasteiger partial charge in [0.1, 0.15) is 46.1 Å². The average molecular weight is 1050 g/mol. The molecule has 8 aromatic rings. The molecule has 12 rings (SSSR count). The SMILES string of the molecule is CC1(O)CCC(c2ncc(-c3cn4c5c(nc4cc3F)[C@H](O)C[C@@H]5c3ccccc3OC(F)F)cn2)CC1.CC1(O)CCC(c2ncc(-c3cn4c5c(nc4cc3F)[C@H](O)C[C@@H]5c3ccccc3OC(F)F)cn2)CC1. The van der Waals surface area contributed by atoms with Gasteiger partial charge < -0.3 is 38.7 Å². The summed E-state index contributed by atoms with van der Waals surface area (Å²) in [5.41, 5.74) is 3.75. The molecule has 0 radical (unpaired) electrons. The molecule has 0 spiro atoms. The Kier molecular flexibility index (Phi) is 13.6. The summed E-state index contributed by atoms with van der Waals surface area (Å²) in [5.74, 6) is -0.303. The van der Waals surface area contributed by atoms with Gasteiger partial charge in [-0.25, -0.2) is 38.7 Å². The van der Waals surface area contributed by atoms with Crippen LogP contribution in [0.4, 0.5) is 26.3 Å². The standard InChI is InChI=1S/2C28H27F3N4O3/c2*1-28(37)8-6-15(7-9-28)26-32-12-16(13-33-26)19-14-35-23(11-20(19)29)34-24-21(36)10-18(25(24)35)17-4-2-3-5-22(17)38-27(30)31/h2*2-5,11-15,18,21,27,36-37H,6-10H2,1H3/t2*15?,18-,21-,28?/m11/s1. The predicted molar refractivity (Wildman–Crippen MR) is 265 cm³/mol. The molecule has 0 unspecified atom stereocenters.